The van der Waals surface area contributed by atoms with Gasteiger partial charge in [0.2, 0.25) is 10.0 Å². The Morgan fingerprint density at radius 3 is 2.52 bits per heavy atom. The maximum atomic E-state index is 12.7. The standard InChI is InChI=1S/C14H19NO5S/c1-3-15(14(8-9-14)13(16)17)21(18,19)12-7-5-6-11(10-12)20-4-2/h5-7,10H,3-4,8-9H2,1-2H3,(H,16,17). The molecule has 1 aliphatic carbocycles. The molecule has 0 aromatic heterocycles. The molecule has 1 fully saturated rings. The van der Waals surface area contributed by atoms with Crippen LogP contribution in [-0.2, 0) is 14.8 Å². The summed E-state index contributed by atoms with van der Waals surface area (Å²) in [6, 6.07) is 6.15. The van der Waals surface area contributed by atoms with Gasteiger partial charge in [0.15, 0.2) is 0 Å². The molecule has 0 bridgehead atoms. The van der Waals surface area contributed by atoms with Gasteiger partial charge >= 0.3 is 5.97 Å². The van der Waals surface area contributed by atoms with E-state index in [2.05, 4.69) is 0 Å². The second-order valence-electron chi connectivity index (χ2n) is 4.91. The highest BCUT2D eigenvalue weighted by molar-refractivity contribution is 7.89. The number of benzene rings is 1. The van der Waals surface area contributed by atoms with Crippen LogP contribution in [0.15, 0.2) is 29.2 Å². The molecule has 1 saturated carbocycles. The maximum absolute atomic E-state index is 12.7. The Kier molecular flexibility index (Phi) is 4.25. The van der Waals surface area contributed by atoms with Gasteiger partial charge in [0, 0.05) is 12.6 Å². The van der Waals surface area contributed by atoms with Gasteiger partial charge in [0.25, 0.3) is 0 Å². The summed E-state index contributed by atoms with van der Waals surface area (Å²) >= 11 is 0. The molecule has 0 amide bonds. The lowest BCUT2D eigenvalue weighted by Crippen LogP contribution is -2.47. The Morgan fingerprint density at radius 1 is 1.38 bits per heavy atom. The summed E-state index contributed by atoms with van der Waals surface area (Å²) in [7, 11) is -3.86. The number of rotatable bonds is 7. The minimum Gasteiger partial charge on any atom is -0.494 e. The lowest BCUT2D eigenvalue weighted by molar-refractivity contribution is -0.143. The van der Waals surface area contributed by atoms with Crippen LogP contribution >= 0.6 is 0 Å². The molecule has 0 unspecified atom stereocenters. The minimum atomic E-state index is -3.86. The average molecular weight is 313 g/mol. The number of carboxylic acids is 1. The molecule has 7 heteroatoms. The van der Waals surface area contributed by atoms with Crippen molar-refractivity contribution in [3.63, 3.8) is 0 Å². The minimum absolute atomic E-state index is 0.0582. The van der Waals surface area contributed by atoms with Crippen molar-refractivity contribution < 1.29 is 23.1 Å². The number of ether oxygens (including phenoxy) is 1. The van der Waals surface area contributed by atoms with E-state index in [1.807, 2.05) is 6.92 Å². The molecule has 2 rings (SSSR count). The van der Waals surface area contributed by atoms with Crippen molar-refractivity contribution in [3.05, 3.63) is 24.3 Å². The molecule has 0 aliphatic heterocycles. The van der Waals surface area contributed by atoms with E-state index in [0.29, 0.717) is 25.2 Å². The smallest absolute Gasteiger partial charge is 0.325 e. The molecule has 0 radical (unpaired) electrons. The van der Waals surface area contributed by atoms with Gasteiger partial charge in [-0.25, -0.2) is 8.42 Å². The highest BCUT2D eigenvalue weighted by Gasteiger charge is 2.58. The molecular formula is C14H19NO5S. The molecule has 0 heterocycles. The zero-order valence-electron chi connectivity index (χ0n) is 12.1. The molecule has 1 N–H and O–H groups in total. The predicted octanol–water partition coefficient (Wildman–Crippen LogP) is 1.71. The summed E-state index contributed by atoms with van der Waals surface area (Å²) in [4.78, 5) is 11.5. The Hall–Kier alpha value is -1.60. The molecule has 1 aliphatic rings. The quantitative estimate of drug-likeness (QED) is 0.828. The van der Waals surface area contributed by atoms with Crippen molar-refractivity contribution in [1.82, 2.24) is 4.31 Å². The highest BCUT2D eigenvalue weighted by atomic mass is 32.2. The molecule has 0 atom stereocenters. The largest absolute Gasteiger partial charge is 0.494 e. The van der Waals surface area contributed by atoms with E-state index in [0.717, 1.165) is 4.31 Å². The van der Waals surface area contributed by atoms with Crippen LogP contribution in [-0.4, -0.2) is 42.5 Å². The van der Waals surface area contributed by atoms with E-state index in [1.165, 1.54) is 12.1 Å². The van der Waals surface area contributed by atoms with Gasteiger partial charge in [0.05, 0.1) is 11.5 Å². The van der Waals surface area contributed by atoms with E-state index < -0.39 is 21.5 Å². The van der Waals surface area contributed by atoms with Crippen LogP contribution in [0, 0.1) is 0 Å². The first kappa shape index (κ1) is 15.8. The van der Waals surface area contributed by atoms with Crippen molar-refractivity contribution >= 4 is 16.0 Å². The average Bonchev–Trinajstić information content (AvgIpc) is 3.21. The number of likely N-dealkylation sites (N-methyl/N-ethyl adjacent to an activating group) is 1. The first-order valence-corrected chi connectivity index (χ1v) is 8.31. The van der Waals surface area contributed by atoms with Gasteiger partial charge in [0.1, 0.15) is 11.3 Å². The van der Waals surface area contributed by atoms with E-state index in [9.17, 15) is 18.3 Å². The molecule has 0 spiro atoms. The summed E-state index contributed by atoms with van der Waals surface area (Å²) in [5.41, 5.74) is -1.28. The third-order valence-electron chi connectivity index (χ3n) is 3.59. The Bertz CT molecular complexity index is 637. The van der Waals surface area contributed by atoms with Crippen molar-refractivity contribution in [3.8, 4) is 5.75 Å². The Balaban J connectivity index is 2.41. The lowest BCUT2D eigenvalue weighted by atomic mass is 10.3. The molecule has 21 heavy (non-hydrogen) atoms. The van der Waals surface area contributed by atoms with Crippen LogP contribution in [0.3, 0.4) is 0 Å². The molecular weight excluding hydrogens is 294 g/mol. The van der Waals surface area contributed by atoms with Gasteiger partial charge in [-0.05, 0) is 31.9 Å². The third kappa shape index (κ3) is 2.75. The van der Waals surface area contributed by atoms with Crippen molar-refractivity contribution in [2.45, 2.75) is 37.1 Å². The van der Waals surface area contributed by atoms with Crippen molar-refractivity contribution in [2.24, 2.45) is 0 Å². The summed E-state index contributed by atoms with van der Waals surface area (Å²) in [6.07, 6.45) is 0.696. The van der Waals surface area contributed by atoms with Gasteiger partial charge in [-0.1, -0.05) is 13.0 Å². The highest BCUT2D eigenvalue weighted by Crippen LogP contribution is 2.44. The molecule has 116 valence electrons. The monoisotopic (exact) mass is 313 g/mol. The van der Waals surface area contributed by atoms with Crippen LogP contribution in [0.25, 0.3) is 0 Å². The Labute approximate surface area is 124 Å². The zero-order chi connectivity index (χ0) is 15.7. The predicted molar refractivity (Wildman–Crippen MR) is 76.8 cm³/mol. The molecule has 0 saturated heterocycles. The van der Waals surface area contributed by atoms with Crippen LogP contribution < -0.4 is 4.74 Å². The molecule has 6 nitrogen and oxygen atoms in total. The summed E-state index contributed by atoms with van der Waals surface area (Å²) in [6.45, 7) is 4.00. The van der Waals surface area contributed by atoms with Gasteiger partial charge in [-0.15, -0.1) is 0 Å². The number of hydrogen-bond acceptors (Lipinski definition) is 4. The molecule has 1 aromatic carbocycles. The van der Waals surface area contributed by atoms with E-state index >= 15 is 0 Å². The SMILES string of the molecule is CCOc1cccc(S(=O)(=O)N(CC)C2(C(=O)O)CC2)c1. The van der Waals surface area contributed by atoms with Crippen molar-refractivity contribution in [2.75, 3.05) is 13.2 Å². The number of nitrogens with zero attached hydrogens (tertiary/aromatic N) is 1. The summed E-state index contributed by atoms with van der Waals surface area (Å²) in [5, 5.41) is 9.32. The Morgan fingerprint density at radius 2 is 2.05 bits per heavy atom. The van der Waals surface area contributed by atoms with E-state index in [4.69, 9.17) is 4.74 Å². The van der Waals surface area contributed by atoms with Crippen LogP contribution in [0.4, 0.5) is 0 Å². The van der Waals surface area contributed by atoms with Crippen LogP contribution in [0.2, 0.25) is 0 Å². The van der Waals surface area contributed by atoms with Gasteiger partial charge < -0.3 is 9.84 Å². The summed E-state index contributed by atoms with van der Waals surface area (Å²) in [5.74, 6) is -0.635. The number of carbonyl (C=O) groups is 1. The summed E-state index contributed by atoms with van der Waals surface area (Å²) < 4.78 is 31.8. The van der Waals surface area contributed by atoms with E-state index in [-0.39, 0.29) is 11.4 Å². The van der Waals surface area contributed by atoms with Gasteiger partial charge in [-0.3, -0.25) is 4.79 Å². The van der Waals surface area contributed by atoms with E-state index in [1.54, 1.807) is 19.1 Å². The second-order valence-corrected chi connectivity index (χ2v) is 6.78. The fourth-order valence-corrected chi connectivity index (χ4v) is 4.24. The number of aliphatic carboxylic acids is 1. The first-order chi connectivity index (χ1) is 9.88. The number of carboxylic acid groups (broad SMARTS) is 1. The first-order valence-electron chi connectivity index (χ1n) is 6.87. The number of sulfonamides is 1. The lowest BCUT2D eigenvalue weighted by Gasteiger charge is -2.26. The van der Waals surface area contributed by atoms with Crippen molar-refractivity contribution in [1.29, 1.82) is 0 Å². The maximum Gasteiger partial charge on any atom is 0.325 e. The van der Waals surface area contributed by atoms with Gasteiger partial charge in [-0.2, -0.15) is 4.31 Å². The fourth-order valence-electron chi connectivity index (χ4n) is 2.41. The fraction of sp³-hybridized carbons (Fsp3) is 0.500. The zero-order valence-corrected chi connectivity index (χ0v) is 12.9. The molecule has 1 aromatic rings. The number of hydrogen-bond donors (Lipinski definition) is 1. The normalized spacial score (nSPS) is 16.7. The topological polar surface area (TPSA) is 83.9 Å². The van der Waals surface area contributed by atoms with Crippen LogP contribution in [0.1, 0.15) is 26.7 Å². The third-order valence-corrected chi connectivity index (χ3v) is 5.63. The van der Waals surface area contributed by atoms with Crippen LogP contribution in [0.5, 0.6) is 5.75 Å². The second kappa shape index (κ2) is 5.65.